The minimum Gasteiger partial charge on any atom is -0.391 e. The molecule has 0 aromatic carbocycles. The van der Waals surface area contributed by atoms with Crippen LogP contribution in [0.3, 0.4) is 0 Å². The van der Waals surface area contributed by atoms with Gasteiger partial charge in [-0.2, -0.15) is 11.8 Å². The van der Waals surface area contributed by atoms with Crippen molar-refractivity contribution in [2.24, 2.45) is 0 Å². The molecule has 1 amide bonds. The Labute approximate surface area is 96.0 Å². The number of carbonyl (C=O) groups is 1. The summed E-state index contributed by atoms with van der Waals surface area (Å²) in [5.74, 6) is 0.0796. The van der Waals surface area contributed by atoms with E-state index < -0.39 is 0 Å². The van der Waals surface area contributed by atoms with Gasteiger partial charge in [-0.3, -0.25) is 4.79 Å². The molecule has 2 N–H and O–H groups in total. The van der Waals surface area contributed by atoms with Crippen LogP contribution in [0.1, 0.15) is 39.0 Å². The molecule has 0 aliphatic heterocycles. The second-order valence-electron chi connectivity index (χ2n) is 4.10. The van der Waals surface area contributed by atoms with Crippen molar-refractivity contribution in [1.29, 1.82) is 0 Å². The normalized spacial score (nSPS) is 28.5. The van der Waals surface area contributed by atoms with Crippen molar-refractivity contribution < 1.29 is 9.90 Å². The lowest BCUT2D eigenvalue weighted by Gasteiger charge is -2.29. The molecule has 1 fully saturated rings. The summed E-state index contributed by atoms with van der Waals surface area (Å²) in [5.41, 5.74) is 0. The van der Waals surface area contributed by atoms with Gasteiger partial charge in [0.25, 0.3) is 0 Å². The van der Waals surface area contributed by atoms with Gasteiger partial charge in [-0.05, 0) is 25.5 Å². The van der Waals surface area contributed by atoms with Crippen molar-refractivity contribution in [3.05, 3.63) is 0 Å². The van der Waals surface area contributed by atoms with Crippen molar-refractivity contribution in [3.8, 4) is 0 Å². The van der Waals surface area contributed by atoms with Crippen LogP contribution in [0.15, 0.2) is 0 Å². The molecule has 0 aromatic rings. The molecule has 0 saturated heterocycles. The summed E-state index contributed by atoms with van der Waals surface area (Å²) >= 11 is 1.57. The minimum atomic E-state index is -0.345. The second-order valence-corrected chi connectivity index (χ2v) is 5.14. The van der Waals surface area contributed by atoms with Crippen LogP contribution in [-0.2, 0) is 4.79 Å². The molecular weight excluding hydrogens is 210 g/mol. The number of aliphatic hydroxyl groups excluding tert-OH is 1. The first-order valence-corrected chi connectivity index (χ1v) is 6.99. The molecule has 4 heteroatoms. The smallest absolute Gasteiger partial charge is 0.233 e. The van der Waals surface area contributed by atoms with Gasteiger partial charge >= 0.3 is 0 Å². The third-order valence-corrected chi connectivity index (χ3v) is 4.12. The van der Waals surface area contributed by atoms with Gasteiger partial charge in [-0.25, -0.2) is 0 Å². The minimum absolute atomic E-state index is 0.0209. The van der Waals surface area contributed by atoms with Crippen LogP contribution < -0.4 is 5.32 Å². The first-order valence-electron chi connectivity index (χ1n) is 5.70. The van der Waals surface area contributed by atoms with Gasteiger partial charge in [-0.1, -0.05) is 19.8 Å². The number of thioether (sulfide) groups is 1. The Bertz CT molecular complexity index is 207. The third kappa shape index (κ3) is 3.68. The van der Waals surface area contributed by atoms with E-state index in [0.717, 1.165) is 32.1 Å². The molecule has 0 unspecified atom stereocenters. The number of amides is 1. The maximum Gasteiger partial charge on any atom is 0.233 e. The van der Waals surface area contributed by atoms with E-state index in [0.29, 0.717) is 0 Å². The van der Waals surface area contributed by atoms with E-state index in [1.54, 1.807) is 11.8 Å². The van der Waals surface area contributed by atoms with E-state index in [9.17, 15) is 9.90 Å². The lowest BCUT2D eigenvalue weighted by atomic mass is 9.92. The molecule has 0 radical (unpaired) electrons. The van der Waals surface area contributed by atoms with Crippen molar-refractivity contribution in [2.45, 2.75) is 56.4 Å². The first-order chi connectivity index (χ1) is 7.19. The zero-order valence-electron chi connectivity index (χ0n) is 9.53. The Morgan fingerprint density at radius 3 is 2.73 bits per heavy atom. The van der Waals surface area contributed by atoms with Crippen LogP contribution in [0, 0.1) is 0 Å². The van der Waals surface area contributed by atoms with Gasteiger partial charge in [0.2, 0.25) is 5.91 Å². The number of rotatable bonds is 4. The Hall–Kier alpha value is -0.220. The molecule has 15 heavy (non-hydrogen) atoms. The fraction of sp³-hybridized carbons (Fsp3) is 0.909. The molecule has 0 bridgehead atoms. The highest BCUT2D eigenvalue weighted by atomic mass is 32.2. The molecule has 0 spiro atoms. The molecule has 1 aliphatic carbocycles. The summed E-state index contributed by atoms with van der Waals surface area (Å²) in [6.45, 7) is 2.01. The van der Waals surface area contributed by atoms with Crippen LogP contribution in [0.25, 0.3) is 0 Å². The predicted octanol–water partition coefficient (Wildman–Crippen LogP) is 1.55. The molecule has 0 heterocycles. The van der Waals surface area contributed by atoms with E-state index in [-0.39, 0.29) is 23.3 Å². The number of hydrogen-bond donors (Lipinski definition) is 2. The van der Waals surface area contributed by atoms with Crippen LogP contribution in [0.4, 0.5) is 0 Å². The topological polar surface area (TPSA) is 49.3 Å². The second kappa shape index (κ2) is 6.38. The number of aliphatic hydroxyl groups is 1. The first kappa shape index (κ1) is 12.8. The summed E-state index contributed by atoms with van der Waals surface area (Å²) in [4.78, 5) is 11.8. The van der Waals surface area contributed by atoms with Gasteiger partial charge in [0.15, 0.2) is 0 Å². The Morgan fingerprint density at radius 2 is 2.20 bits per heavy atom. The zero-order valence-corrected chi connectivity index (χ0v) is 10.3. The fourth-order valence-corrected chi connectivity index (χ4v) is 2.63. The summed E-state index contributed by atoms with van der Waals surface area (Å²) in [7, 11) is 0. The fourth-order valence-electron chi connectivity index (χ4n) is 2.01. The van der Waals surface area contributed by atoms with Crippen molar-refractivity contribution in [2.75, 3.05) is 6.26 Å². The van der Waals surface area contributed by atoms with Gasteiger partial charge in [0, 0.05) is 0 Å². The zero-order chi connectivity index (χ0) is 11.3. The van der Waals surface area contributed by atoms with Crippen LogP contribution in [-0.4, -0.2) is 34.7 Å². The highest BCUT2D eigenvalue weighted by Gasteiger charge is 2.26. The lowest BCUT2D eigenvalue weighted by Crippen LogP contribution is -2.47. The van der Waals surface area contributed by atoms with E-state index in [1.165, 1.54) is 0 Å². The predicted molar refractivity (Wildman–Crippen MR) is 64.0 cm³/mol. The average Bonchev–Trinajstić information content (AvgIpc) is 2.23. The number of hydrogen-bond acceptors (Lipinski definition) is 3. The summed E-state index contributed by atoms with van der Waals surface area (Å²) in [6.07, 6.45) is 6.37. The highest BCUT2D eigenvalue weighted by Crippen LogP contribution is 2.19. The Balaban J connectivity index is 2.41. The Morgan fingerprint density at radius 1 is 1.53 bits per heavy atom. The summed E-state index contributed by atoms with van der Waals surface area (Å²) in [6, 6.07) is -0.0209. The molecular formula is C11H21NO2S. The number of nitrogens with one attached hydrogen (secondary N) is 1. The highest BCUT2D eigenvalue weighted by molar-refractivity contribution is 7.99. The largest absolute Gasteiger partial charge is 0.391 e. The van der Waals surface area contributed by atoms with Crippen molar-refractivity contribution in [1.82, 2.24) is 5.32 Å². The quantitative estimate of drug-likeness (QED) is 0.772. The number of carbonyl (C=O) groups excluding carboxylic acids is 1. The van der Waals surface area contributed by atoms with E-state index in [1.807, 2.05) is 13.2 Å². The standard InChI is InChI=1S/C11H21NO2S/c1-3-10(15-2)11(14)12-8-6-4-5-7-9(8)13/h8-10,13H,3-7H2,1-2H3,(H,12,14)/t8-,9+,10-/m0/s1. The van der Waals surface area contributed by atoms with Gasteiger partial charge in [0.05, 0.1) is 17.4 Å². The monoisotopic (exact) mass is 231 g/mol. The van der Waals surface area contributed by atoms with Gasteiger partial charge in [-0.15, -0.1) is 0 Å². The SMILES string of the molecule is CC[C@H](SC)C(=O)N[C@H]1CCCC[C@H]1O. The summed E-state index contributed by atoms with van der Waals surface area (Å²) in [5, 5.41) is 12.7. The van der Waals surface area contributed by atoms with Crippen LogP contribution in [0.5, 0.6) is 0 Å². The summed E-state index contributed by atoms with van der Waals surface area (Å²) < 4.78 is 0. The average molecular weight is 231 g/mol. The van der Waals surface area contributed by atoms with Crippen LogP contribution in [0.2, 0.25) is 0 Å². The molecule has 0 aromatic heterocycles. The molecule has 3 atom stereocenters. The Kier molecular flexibility index (Phi) is 5.47. The molecule has 3 nitrogen and oxygen atoms in total. The van der Waals surface area contributed by atoms with Crippen molar-refractivity contribution >= 4 is 17.7 Å². The molecule has 1 aliphatic rings. The van der Waals surface area contributed by atoms with Crippen LogP contribution >= 0.6 is 11.8 Å². The van der Waals surface area contributed by atoms with E-state index in [4.69, 9.17) is 0 Å². The van der Waals surface area contributed by atoms with Gasteiger partial charge < -0.3 is 10.4 Å². The van der Waals surface area contributed by atoms with E-state index in [2.05, 4.69) is 5.32 Å². The van der Waals surface area contributed by atoms with E-state index >= 15 is 0 Å². The maximum atomic E-state index is 11.8. The molecule has 1 saturated carbocycles. The maximum absolute atomic E-state index is 11.8. The van der Waals surface area contributed by atoms with Gasteiger partial charge in [0.1, 0.15) is 0 Å². The third-order valence-electron chi connectivity index (χ3n) is 3.00. The molecule has 88 valence electrons. The molecule has 1 rings (SSSR count). The van der Waals surface area contributed by atoms with Crippen molar-refractivity contribution in [3.63, 3.8) is 0 Å². The lowest BCUT2D eigenvalue weighted by molar-refractivity contribution is -0.122.